The molecule has 1 atom stereocenters. The second-order valence-corrected chi connectivity index (χ2v) is 5.48. The predicted molar refractivity (Wildman–Crippen MR) is 88.4 cm³/mol. The highest BCUT2D eigenvalue weighted by Gasteiger charge is 2.13. The van der Waals surface area contributed by atoms with Crippen LogP contribution in [0.3, 0.4) is 0 Å². The molecule has 21 heavy (non-hydrogen) atoms. The summed E-state index contributed by atoms with van der Waals surface area (Å²) < 4.78 is 0. The lowest BCUT2D eigenvalue weighted by Crippen LogP contribution is -2.19. The zero-order chi connectivity index (χ0) is 14.7. The monoisotopic (exact) mass is 276 g/mol. The zero-order valence-corrected chi connectivity index (χ0v) is 12.5. The van der Waals surface area contributed by atoms with Crippen LogP contribution in [0.15, 0.2) is 60.9 Å². The summed E-state index contributed by atoms with van der Waals surface area (Å²) in [5.41, 5.74) is 3.97. The van der Waals surface area contributed by atoms with Gasteiger partial charge in [0, 0.05) is 23.8 Å². The summed E-state index contributed by atoms with van der Waals surface area (Å²) in [7, 11) is 2.02. The van der Waals surface area contributed by atoms with E-state index in [9.17, 15) is 0 Å². The molecule has 2 aromatic carbocycles. The highest BCUT2D eigenvalue weighted by atomic mass is 14.9. The highest BCUT2D eigenvalue weighted by molar-refractivity contribution is 5.85. The summed E-state index contributed by atoms with van der Waals surface area (Å²) >= 11 is 0. The molecule has 2 nitrogen and oxygen atoms in total. The first-order valence-electron chi connectivity index (χ1n) is 7.33. The van der Waals surface area contributed by atoms with Gasteiger partial charge in [-0.05, 0) is 43.0 Å². The van der Waals surface area contributed by atoms with Gasteiger partial charge in [-0.15, -0.1) is 0 Å². The lowest BCUT2D eigenvalue weighted by atomic mass is 9.94. The third-order valence-corrected chi connectivity index (χ3v) is 3.96. The third-order valence-electron chi connectivity index (χ3n) is 3.96. The average Bonchev–Trinajstić information content (AvgIpc) is 2.52. The summed E-state index contributed by atoms with van der Waals surface area (Å²) in [5, 5.41) is 5.92. The van der Waals surface area contributed by atoms with E-state index >= 15 is 0 Å². The quantitative estimate of drug-likeness (QED) is 0.777. The minimum absolute atomic E-state index is 0.291. The van der Waals surface area contributed by atoms with Crippen LogP contribution in [0.1, 0.15) is 22.7 Å². The van der Waals surface area contributed by atoms with Crippen LogP contribution >= 0.6 is 0 Å². The Morgan fingerprint density at radius 3 is 2.76 bits per heavy atom. The number of nitrogens with one attached hydrogen (secondary N) is 1. The number of likely N-dealkylation sites (N-methyl/N-ethyl adjacent to an activating group) is 1. The number of nitrogens with zero attached hydrogens (tertiary/aromatic N) is 1. The molecule has 2 heteroatoms. The Morgan fingerprint density at radius 2 is 1.95 bits per heavy atom. The summed E-state index contributed by atoms with van der Waals surface area (Å²) in [5.74, 6) is 0. The molecule has 1 unspecified atom stereocenters. The van der Waals surface area contributed by atoms with Gasteiger partial charge in [0.25, 0.3) is 0 Å². The molecule has 0 radical (unpaired) electrons. The van der Waals surface area contributed by atoms with Gasteiger partial charge in [0.2, 0.25) is 0 Å². The molecule has 0 fully saturated rings. The van der Waals surface area contributed by atoms with Crippen molar-refractivity contribution in [2.75, 3.05) is 7.05 Å². The topological polar surface area (TPSA) is 24.9 Å². The maximum Gasteiger partial charge on any atom is 0.0365 e. The van der Waals surface area contributed by atoms with E-state index in [1.54, 1.807) is 0 Å². The molecule has 0 spiro atoms. The van der Waals surface area contributed by atoms with Crippen LogP contribution in [0.4, 0.5) is 0 Å². The smallest absolute Gasteiger partial charge is 0.0365 e. The summed E-state index contributed by atoms with van der Waals surface area (Å²) in [6, 6.07) is 17.5. The van der Waals surface area contributed by atoms with Crippen LogP contribution in [0.5, 0.6) is 0 Å². The molecule has 0 aliphatic heterocycles. The first kappa shape index (κ1) is 13.8. The molecule has 0 bridgehead atoms. The maximum absolute atomic E-state index is 4.28. The zero-order valence-electron chi connectivity index (χ0n) is 12.5. The number of benzene rings is 2. The van der Waals surface area contributed by atoms with E-state index in [1.807, 2.05) is 19.4 Å². The van der Waals surface area contributed by atoms with Crippen LogP contribution in [0, 0.1) is 6.92 Å². The van der Waals surface area contributed by atoms with Crippen LogP contribution < -0.4 is 5.32 Å². The Bertz CT molecular complexity index is 744. The largest absolute Gasteiger partial charge is 0.313 e. The normalized spacial score (nSPS) is 12.5. The van der Waals surface area contributed by atoms with Crippen molar-refractivity contribution in [1.29, 1.82) is 0 Å². The van der Waals surface area contributed by atoms with Crippen molar-refractivity contribution >= 4 is 10.8 Å². The van der Waals surface area contributed by atoms with Gasteiger partial charge >= 0.3 is 0 Å². The van der Waals surface area contributed by atoms with Gasteiger partial charge < -0.3 is 5.32 Å². The third kappa shape index (κ3) is 2.96. The number of pyridine rings is 1. The molecule has 3 aromatic rings. The molecular weight excluding hydrogens is 256 g/mol. The van der Waals surface area contributed by atoms with Crippen molar-refractivity contribution in [3.63, 3.8) is 0 Å². The summed E-state index contributed by atoms with van der Waals surface area (Å²) in [6.07, 6.45) is 4.79. The number of fused-ring (bicyclic) bond motifs is 1. The lowest BCUT2D eigenvalue weighted by Gasteiger charge is -2.19. The summed E-state index contributed by atoms with van der Waals surface area (Å²) in [6.45, 7) is 2.14. The van der Waals surface area contributed by atoms with Crippen LogP contribution in [-0.4, -0.2) is 12.0 Å². The van der Waals surface area contributed by atoms with Crippen molar-refractivity contribution < 1.29 is 0 Å². The maximum atomic E-state index is 4.28. The van der Waals surface area contributed by atoms with E-state index in [2.05, 4.69) is 65.8 Å². The number of aryl methyl sites for hydroxylation is 1. The number of hydrogen-bond acceptors (Lipinski definition) is 2. The number of rotatable bonds is 4. The fraction of sp³-hybridized carbons (Fsp3) is 0.211. The van der Waals surface area contributed by atoms with Gasteiger partial charge in [0.1, 0.15) is 0 Å². The Labute approximate surface area is 125 Å². The first-order valence-corrected chi connectivity index (χ1v) is 7.33. The average molecular weight is 276 g/mol. The van der Waals surface area contributed by atoms with Crippen LogP contribution in [0.25, 0.3) is 10.8 Å². The van der Waals surface area contributed by atoms with Crippen LogP contribution in [0.2, 0.25) is 0 Å². The molecular formula is C19H20N2. The molecule has 0 amide bonds. The molecule has 0 aliphatic rings. The Hall–Kier alpha value is -2.19. The molecule has 1 aromatic heterocycles. The first-order chi connectivity index (χ1) is 10.3. The molecule has 1 N–H and O–H groups in total. The Morgan fingerprint density at radius 1 is 1.10 bits per heavy atom. The lowest BCUT2D eigenvalue weighted by molar-refractivity contribution is 0.596. The Balaban J connectivity index is 1.98. The van der Waals surface area contributed by atoms with E-state index in [4.69, 9.17) is 0 Å². The number of hydrogen-bond donors (Lipinski definition) is 1. The predicted octanol–water partition coefficient (Wildman–Crippen LogP) is 4.05. The highest BCUT2D eigenvalue weighted by Crippen LogP contribution is 2.26. The van der Waals surface area contributed by atoms with Gasteiger partial charge in [-0.2, -0.15) is 0 Å². The van der Waals surface area contributed by atoms with Crippen molar-refractivity contribution in [2.24, 2.45) is 0 Å². The van der Waals surface area contributed by atoms with E-state index in [0.29, 0.717) is 6.04 Å². The van der Waals surface area contributed by atoms with Crippen molar-refractivity contribution in [1.82, 2.24) is 10.3 Å². The molecule has 0 saturated carbocycles. The van der Waals surface area contributed by atoms with E-state index in [-0.39, 0.29) is 0 Å². The van der Waals surface area contributed by atoms with Gasteiger partial charge in [-0.25, -0.2) is 0 Å². The van der Waals surface area contributed by atoms with Gasteiger partial charge in [-0.1, -0.05) is 48.0 Å². The number of aromatic nitrogens is 1. The molecule has 1 heterocycles. The summed E-state index contributed by atoms with van der Waals surface area (Å²) in [4.78, 5) is 4.28. The molecule has 3 rings (SSSR count). The van der Waals surface area contributed by atoms with Gasteiger partial charge in [0.15, 0.2) is 0 Å². The standard InChI is InChI=1S/C19H20N2/c1-14-5-3-6-15(11-14)12-19(20-2)17-8-4-7-16-9-10-21-13-18(16)17/h3-11,13,19-20H,12H2,1-2H3. The van der Waals surface area contributed by atoms with Gasteiger partial charge in [-0.3, -0.25) is 4.98 Å². The minimum atomic E-state index is 0.291. The van der Waals surface area contributed by atoms with Crippen molar-refractivity contribution in [3.8, 4) is 0 Å². The second-order valence-electron chi connectivity index (χ2n) is 5.48. The van der Waals surface area contributed by atoms with Crippen molar-refractivity contribution in [3.05, 3.63) is 77.6 Å². The molecule has 106 valence electrons. The fourth-order valence-electron chi connectivity index (χ4n) is 2.88. The fourth-order valence-corrected chi connectivity index (χ4v) is 2.88. The van der Waals surface area contributed by atoms with Crippen molar-refractivity contribution in [2.45, 2.75) is 19.4 Å². The van der Waals surface area contributed by atoms with E-state index in [1.165, 1.54) is 27.5 Å². The van der Waals surface area contributed by atoms with E-state index < -0.39 is 0 Å². The SMILES string of the molecule is CNC(Cc1cccc(C)c1)c1cccc2ccncc12. The molecule has 0 saturated heterocycles. The van der Waals surface area contributed by atoms with E-state index in [0.717, 1.165) is 6.42 Å². The van der Waals surface area contributed by atoms with Gasteiger partial charge in [0.05, 0.1) is 0 Å². The molecule has 0 aliphatic carbocycles. The second kappa shape index (κ2) is 6.06. The Kier molecular flexibility index (Phi) is 3.98. The minimum Gasteiger partial charge on any atom is -0.313 e. The van der Waals surface area contributed by atoms with Crippen LogP contribution in [-0.2, 0) is 6.42 Å².